The highest BCUT2D eigenvalue weighted by Crippen LogP contribution is 2.14. The van der Waals surface area contributed by atoms with E-state index in [1.807, 2.05) is 0 Å². The molecule has 7 nitrogen and oxygen atoms in total. The molecule has 1 aromatic rings. The number of anilines is 1. The number of hydrogen-bond acceptors (Lipinski definition) is 5. The molecule has 0 atom stereocenters. The molecule has 2 rings (SSSR count). The van der Waals surface area contributed by atoms with E-state index in [0.29, 0.717) is 11.3 Å². The van der Waals surface area contributed by atoms with E-state index in [4.69, 9.17) is 4.74 Å². The lowest BCUT2D eigenvalue weighted by Crippen LogP contribution is -2.36. The fourth-order valence-corrected chi connectivity index (χ4v) is 2.12. The minimum atomic E-state index is -0.467. The molecule has 122 valence electrons. The first-order valence-electron chi connectivity index (χ1n) is 7.31. The van der Waals surface area contributed by atoms with E-state index >= 15 is 0 Å². The van der Waals surface area contributed by atoms with Crippen LogP contribution in [-0.4, -0.2) is 41.2 Å². The van der Waals surface area contributed by atoms with E-state index < -0.39 is 11.9 Å². The minimum absolute atomic E-state index is 0.152. The van der Waals surface area contributed by atoms with Gasteiger partial charge in [-0.2, -0.15) is 0 Å². The molecule has 3 amide bonds. The van der Waals surface area contributed by atoms with Crippen LogP contribution in [0.25, 0.3) is 0 Å². The van der Waals surface area contributed by atoms with Crippen molar-refractivity contribution < 1.29 is 23.9 Å². The van der Waals surface area contributed by atoms with Gasteiger partial charge >= 0.3 is 5.97 Å². The number of carbonyl (C=O) groups is 4. The van der Waals surface area contributed by atoms with Gasteiger partial charge in [0.1, 0.15) is 6.54 Å². The first kappa shape index (κ1) is 16.7. The Morgan fingerprint density at radius 1 is 1.13 bits per heavy atom. The van der Waals surface area contributed by atoms with Gasteiger partial charge in [0.05, 0.1) is 11.7 Å². The first-order chi connectivity index (χ1) is 10.9. The zero-order valence-corrected chi connectivity index (χ0v) is 13.0. The predicted octanol–water partition coefficient (Wildman–Crippen LogP) is 1.34. The number of ether oxygens (including phenoxy) is 1. The van der Waals surface area contributed by atoms with E-state index in [1.54, 1.807) is 26.0 Å². The Bertz CT molecular complexity index is 620. The van der Waals surface area contributed by atoms with Crippen LogP contribution in [0.1, 0.15) is 37.0 Å². The smallest absolute Gasteiger partial charge is 0.338 e. The molecule has 7 heteroatoms. The summed E-state index contributed by atoms with van der Waals surface area (Å²) in [6.07, 6.45) is 0.0924. The molecule has 0 unspecified atom stereocenters. The molecule has 1 fully saturated rings. The Morgan fingerprint density at radius 2 is 1.70 bits per heavy atom. The van der Waals surface area contributed by atoms with Crippen LogP contribution >= 0.6 is 0 Å². The molecule has 0 spiro atoms. The van der Waals surface area contributed by atoms with E-state index in [2.05, 4.69) is 5.32 Å². The number of amides is 3. The molecule has 1 saturated heterocycles. The fraction of sp³-hybridized carbons (Fsp3) is 0.375. The van der Waals surface area contributed by atoms with Crippen molar-refractivity contribution in [2.24, 2.45) is 0 Å². The van der Waals surface area contributed by atoms with Crippen LogP contribution in [-0.2, 0) is 19.1 Å². The van der Waals surface area contributed by atoms with Crippen molar-refractivity contribution in [2.45, 2.75) is 32.8 Å². The molecule has 1 N–H and O–H groups in total. The normalized spacial score (nSPS) is 14.3. The van der Waals surface area contributed by atoms with Gasteiger partial charge in [0.15, 0.2) is 0 Å². The number of nitrogens with zero attached hydrogens (tertiary/aromatic N) is 1. The molecule has 0 bridgehead atoms. The third-order valence-electron chi connectivity index (χ3n) is 3.20. The second kappa shape index (κ2) is 7.04. The van der Waals surface area contributed by atoms with Crippen LogP contribution in [0.15, 0.2) is 24.3 Å². The second-order valence-electron chi connectivity index (χ2n) is 5.45. The summed E-state index contributed by atoms with van der Waals surface area (Å²) >= 11 is 0. The number of benzene rings is 1. The van der Waals surface area contributed by atoms with Gasteiger partial charge in [0.2, 0.25) is 17.7 Å². The molecule has 0 saturated carbocycles. The summed E-state index contributed by atoms with van der Waals surface area (Å²) in [4.78, 5) is 47.4. The lowest BCUT2D eigenvalue weighted by molar-refractivity contribution is -0.141. The average molecular weight is 318 g/mol. The lowest BCUT2D eigenvalue weighted by Gasteiger charge is -2.13. The van der Waals surface area contributed by atoms with E-state index in [-0.39, 0.29) is 37.3 Å². The first-order valence-corrected chi connectivity index (χ1v) is 7.31. The van der Waals surface area contributed by atoms with Crippen molar-refractivity contribution in [3.05, 3.63) is 29.8 Å². The SMILES string of the molecule is CC(C)OC(=O)c1ccc(NC(=O)CN2C(=O)CCC2=O)cc1. The second-order valence-corrected chi connectivity index (χ2v) is 5.45. The maximum Gasteiger partial charge on any atom is 0.338 e. The molecule has 1 aromatic carbocycles. The Labute approximate surface area is 133 Å². The van der Waals surface area contributed by atoms with Crippen molar-refractivity contribution in [3.63, 3.8) is 0 Å². The zero-order chi connectivity index (χ0) is 17.0. The molecule has 0 aromatic heterocycles. The van der Waals surface area contributed by atoms with Crippen LogP contribution in [0.3, 0.4) is 0 Å². The third kappa shape index (κ3) is 4.38. The maximum atomic E-state index is 11.9. The molecule has 0 aliphatic carbocycles. The van der Waals surface area contributed by atoms with Gasteiger partial charge in [0.25, 0.3) is 0 Å². The number of carbonyl (C=O) groups excluding carboxylic acids is 4. The number of imide groups is 1. The van der Waals surface area contributed by atoms with E-state index in [9.17, 15) is 19.2 Å². The molecule has 1 heterocycles. The van der Waals surface area contributed by atoms with Gasteiger partial charge in [0, 0.05) is 18.5 Å². The van der Waals surface area contributed by atoms with Crippen LogP contribution < -0.4 is 5.32 Å². The highest BCUT2D eigenvalue weighted by atomic mass is 16.5. The Balaban J connectivity index is 1.93. The maximum absolute atomic E-state index is 11.9. The summed E-state index contributed by atoms with van der Waals surface area (Å²) in [7, 11) is 0. The monoisotopic (exact) mass is 318 g/mol. The van der Waals surface area contributed by atoms with Crippen molar-refractivity contribution in [1.29, 1.82) is 0 Å². The minimum Gasteiger partial charge on any atom is -0.459 e. The lowest BCUT2D eigenvalue weighted by atomic mass is 10.2. The molecular weight excluding hydrogens is 300 g/mol. The van der Waals surface area contributed by atoms with Crippen molar-refractivity contribution in [1.82, 2.24) is 4.90 Å². The summed E-state index contributed by atoms with van der Waals surface area (Å²) in [5.41, 5.74) is 0.844. The number of nitrogens with one attached hydrogen (secondary N) is 1. The summed E-state index contributed by atoms with van der Waals surface area (Å²) in [6, 6.07) is 6.18. The molecule has 0 radical (unpaired) electrons. The van der Waals surface area contributed by atoms with E-state index in [0.717, 1.165) is 4.90 Å². The molecule has 1 aliphatic heterocycles. The number of hydrogen-bond donors (Lipinski definition) is 1. The summed E-state index contributed by atoms with van der Waals surface area (Å²) in [6.45, 7) is 3.22. The topological polar surface area (TPSA) is 92.8 Å². The zero-order valence-electron chi connectivity index (χ0n) is 13.0. The van der Waals surface area contributed by atoms with Gasteiger partial charge in [-0.15, -0.1) is 0 Å². The summed E-state index contributed by atoms with van der Waals surface area (Å²) in [5.74, 6) is -1.58. The number of rotatable bonds is 5. The number of likely N-dealkylation sites (tertiary alicyclic amines) is 1. The highest BCUT2D eigenvalue weighted by molar-refractivity contribution is 6.06. The third-order valence-corrected chi connectivity index (χ3v) is 3.20. The molecular formula is C16H18N2O5. The largest absolute Gasteiger partial charge is 0.459 e. The van der Waals surface area contributed by atoms with Crippen molar-refractivity contribution in [2.75, 3.05) is 11.9 Å². The van der Waals surface area contributed by atoms with Crippen LogP contribution in [0.2, 0.25) is 0 Å². The quantitative estimate of drug-likeness (QED) is 0.653. The van der Waals surface area contributed by atoms with Gasteiger partial charge in [-0.1, -0.05) is 0 Å². The summed E-state index contributed by atoms with van der Waals surface area (Å²) < 4.78 is 5.06. The van der Waals surface area contributed by atoms with Crippen LogP contribution in [0, 0.1) is 0 Å². The molecule has 1 aliphatic rings. The van der Waals surface area contributed by atoms with Gasteiger partial charge in [-0.25, -0.2) is 4.79 Å². The van der Waals surface area contributed by atoms with Crippen molar-refractivity contribution >= 4 is 29.4 Å². The Hall–Kier alpha value is -2.70. The van der Waals surface area contributed by atoms with Crippen LogP contribution in [0.4, 0.5) is 5.69 Å². The molecule has 23 heavy (non-hydrogen) atoms. The van der Waals surface area contributed by atoms with Gasteiger partial charge in [-0.3, -0.25) is 19.3 Å². The Morgan fingerprint density at radius 3 is 2.22 bits per heavy atom. The summed E-state index contributed by atoms with van der Waals surface area (Å²) in [5, 5.41) is 2.58. The average Bonchev–Trinajstić information content (AvgIpc) is 2.79. The van der Waals surface area contributed by atoms with Crippen molar-refractivity contribution in [3.8, 4) is 0 Å². The standard InChI is InChI=1S/C16H18N2O5/c1-10(2)23-16(22)11-3-5-12(6-4-11)17-13(19)9-18-14(20)7-8-15(18)21/h3-6,10H,7-9H2,1-2H3,(H,17,19). The number of esters is 1. The highest BCUT2D eigenvalue weighted by Gasteiger charge is 2.30. The predicted molar refractivity (Wildman–Crippen MR) is 81.6 cm³/mol. The fourth-order valence-electron chi connectivity index (χ4n) is 2.12. The van der Waals surface area contributed by atoms with Gasteiger partial charge < -0.3 is 10.1 Å². The Kier molecular flexibility index (Phi) is 5.10. The van der Waals surface area contributed by atoms with E-state index in [1.165, 1.54) is 12.1 Å². The van der Waals surface area contributed by atoms with Gasteiger partial charge in [-0.05, 0) is 38.1 Å². The van der Waals surface area contributed by atoms with Crippen LogP contribution in [0.5, 0.6) is 0 Å².